The zero-order valence-electron chi connectivity index (χ0n) is 10.2. The summed E-state index contributed by atoms with van der Waals surface area (Å²) in [5.41, 5.74) is 1.26. The Bertz CT molecular complexity index is 283. The lowest BCUT2D eigenvalue weighted by Gasteiger charge is -2.19. The quantitative estimate of drug-likeness (QED) is 0.807. The summed E-state index contributed by atoms with van der Waals surface area (Å²) in [6.07, 6.45) is 1.11. The second-order valence-corrected chi connectivity index (χ2v) is 5.39. The molecule has 1 rings (SSSR count). The fraction of sp³-hybridized carbons (Fsp3) is 0.750. The zero-order chi connectivity index (χ0) is 11.3. The molecule has 0 radical (unpaired) electrons. The van der Waals surface area contributed by atoms with Gasteiger partial charge >= 0.3 is 0 Å². The molecule has 1 aromatic heterocycles. The number of nitrogens with zero attached hydrogens (tertiary/aromatic N) is 1. The van der Waals surface area contributed by atoms with Gasteiger partial charge in [0.1, 0.15) is 0 Å². The number of aromatic nitrogens is 1. The van der Waals surface area contributed by atoms with E-state index in [9.17, 15) is 0 Å². The molecule has 2 unspecified atom stereocenters. The smallest absolute Gasteiger partial charge is 0.0897 e. The van der Waals surface area contributed by atoms with Gasteiger partial charge in [0.2, 0.25) is 0 Å². The molecule has 2 atom stereocenters. The summed E-state index contributed by atoms with van der Waals surface area (Å²) in [5, 5.41) is 6.77. The van der Waals surface area contributed by atoms with E-state index in [0.717, 1.165) is 19.5 Å². The maximum absolute atomic E-state index is 4.51. The van der Waals surface area contributed by atoms with E-state index in [1.54, 1.807) is 11.3 Å². The molecule has 86 valence electrons. The van der Waals surface area contributed by atoms with Crippen LogP contribution < -0.4 is 5.32 Å². The van der Waals surface area contributed by atoms with Crippen LogP contribution >= 0.6 is 11.3 Å². The average molecular weight is 226 g/mol. The number of rotatable bonds is 6. The molecular formula is C12H22N2S. The van der Waals surface area contributed by atoms with Crippen molar-refractivity contribution in [3.63, 3.8) is 0 Å². The van der Waals surface area contributed by atoms with Gasteiger partial charge in [-0.15, -0.1) is 11.3 Å². The first-order valence-corrected chi connectivity index (χ1v) is 6.63. The lowest BCUT2D eigenvalue weighted by Crippen LogP contribution is -2.25. The first-order chi connectivity index (χ1) is 7.13. The van der Waals surface area contributed by atoms with Crippen LogP contribution in [0.25, 0.3) is 0 Å². The number of aryl methyl sites for hydroxylation is 1. The lowest BCUT2D eigenvalue weighted by molar-refractivity contribution is 0.366. The molecule has 0 aliphatic rings. The molecular weight excluding hydrogens is 204 g/mol. The number of thiazole rings is 1. The normalized spacial score (nSPS) is 15.2. The summed E-state index contributed by atoms with van der Waals surface area (Å²) in [5.74, 6) is 1.41. The van der Waals surface area contributed by atoms with Crippen molar-refractivity contribution >= 4 is 11.3 Å². The summed E-state index contributed by atoms with van der Waals surface area (Å²) < 4.78 is 0. The van der Waals surface area contributed by atoms with Gasteiger partial charge in [0.25, 0.3) is 0 Å². The van der Waals surface area contributed by atoms with Crippen LogP contribution in [-0.2, 0) is 6.42 Å². The van der Waals surface area contributed by atoms with Crippen LogP contribution in [0.5, 0.6) is 0 Å². The minimum atomic E-state index is 0.700. The SMILES string of the molecule is CCNCC(C)C(C)Cc1csc(C)n1. The summed E-state index contributed by atoms with van der Waals surface area (Å²) in [6.45, 7) is 11.0. The Morgan fingerprint density at radius 3 is 2.67 bits per heavy atom. The summed E-state index contributed by atoms with van der Waals surface area (Å²) in [7, 11) is 0. The van der Waals surface area contributed by atoms with Gasteiger partial charge in [-0.1, -0.05) is 20.8 Å². The van der Waals surface area contributed by atoms with Crippen molar-refractivity contribution in [2.24, 2.45) is 11.8 Å². The number of hydrogen-bond donors (Lipinski definition) is 1. The van der Waals surface area contributed by atoms with Crippen LogP contribution in [0.1, 0.15) is 31.5 Å². The number of hydrogen-bond acceptors (Lipinski definition) is 3. The second-order valence-electron chi connectivity index (χ2n) is 4.32. The van der Waals surface area contributed by atoms with Crippen LogP contribution in [0.15, 0.2) is 5.38 Å². The van der Waals surface area contributed by atoms with E-state index in [1.807, 2.05) is 0 Å². The van der Waals surface area contributed by atoms with Crippen molar-refractivity contribution < 1.29 is 0 Å². The van der Waals surface area contributed by atoms with E-state index in [2.05, 4.69) is 43.4 Å². The zero-order valence-corrected chi connectivity index (χ0v) is 11.0. The van der Waals surface area contributed by atoms with Crippen molar-refractivity contribution in [3.8, 4) is 0 Å². The monoisotopic (exact) mass is 226 g/mol. The van der Waals surface area contributed by atoms with E-state index >= 15 is 0 Å². The highest BCUT2D eigenvalue weighted by Crippen LogP contribution is 2.18. The minimum Gasteiger partial charge on any atom is -0.317 e. The van der Waals surface area contributed by atoms with Crippen molar-refractivity contribution in [1.82, 2.24) is 10.3 Å². The van der Waals surface area contributed by atoms with E-state index in [-0.39, 0.29) is 0 Å². The molecule has 0 fully saturated rings. The molecule has 0 saturated carbocycles. The number of nitrogens with one attached hydrogen (secondary N) is 1. The molecule has 0 amide bonds. The topological polar surface area (TPSA) is 24.9 Å². The van der Waals surface area contributed by atoms with Gasteiger partial charge in [-0.2, -0.15) is 0 Å². The Labute approximate surface area is 97.1 Å². The van der Waals surface area contributed by atoms with Crippen molar-refractivity contribution in [3.05, 3.63) is 16.1 Å². The highest BCUT2D eigenvalue weighted by Gasteiger charge is 2.13. The van der Waals surface area contributed by atoms with E-state index in [4.69, 9.17) is 0 Å². The maximum Gasteiger partial charge on any atom is 0.0897 e. The highest BCUT2D eigenvalue weighted by atomic mass is 32.1. The summed E-state index contributed by atoms with van der Waals surface area (Å²) in [6, 6.07) is 0. The molecule has 0 aliphatic carbocycles. The molecule has 0 spiro atoms. The van der Waals surface area contributed by atoms with Gasteiger partial charge in [-0.25, -0.2) is 4.98 Å². The van der Waals surface area contributed by atoms with Gasteiger partial charge < -0.3 is 5.32 Å². The molecule has 1 heterocycles. The van der Waals surface area contributed by atoms with Gasteiger partial charge in [-0.05, 0) is 38.3 Å². The van der Waals surface area contributed by atoms with E-state index in [0.29, 0.717) is 11.8 Å². The predicted octanol–water partition coefficient (Wildman–Crippen LogP) is 2.88. The molecule has 3 heteroatoms. The molecule has 1 aromatic rings. The Morgan fingerprint density at radius 1 is 1.40 bits per heavy atom. The standard InChI is InChI=1S/C12H22N2S/c1-5-13-7-10(3)9(2)6-12-8-15-11(4)14-12/h8-10,13H,5-7H2,1-4H3. The van der Waals surface area contributed by atoms with Crippen molar-refractivity contribution in [2.45, 2.75) is 34.1 Å². The summed E-state index contributed by atoms with van der Waals surface area (Å²) >= 11 is 1.75. The van der Waals surface area contributed by atoms with Gasteiger partial charge in [0, 0.05) is 5.38 Å². The maximum atomic E-state index is 4.51. The van der Waals surface area contributed by atoms with E-state index in [1.165, 1.54) is 10.7 Å². The fourth-order valence-electron chi connectivity index (χ4n) is 1.61. The van der Waals surface area contributed by atoms with Gasteiger partial charge in [-0.3, -0.25) is 0 Å². The van der Waals surface area contributed by atoms with Crippen LogP contribution in [-0.4, -0.2) is 18.1 Å². The lowest BCUT2D eigenvalue weighted by atomic mass is 9.92. The minimum absolute atomic E-state index is 0.700. The Morgan fingerprint density at radius 2 is 2.13 bits per heavy atom. The van der Waals surface area contributed by atoms with Gasteiger partial charge in [0.15, 0.2) is 0 Å². The molecule has 0 saturated heterocycles. The van der Waals surface area contributed by atoms with Crippen LogP contribution in [0.2, 0.25) is 0 Å². The first kappa shape index (κ1) is 12.7. The Kier molecular flexibility index (Phi) is 5.26. The van der Waals surface area contributed by atoms with Crippen LogP contribution in [0, 0.1) is 18.8 Å². The molecule has 0 aliphatic heterocycles. The third kappa shape index (κ3) is 4.31. The molecule has 0 aromatic carbocycles. The third-order valence-corrected chi connectivity index (χ3v) is 3.71. The second kappa shape index (κ2) is 6.23. The van der Waals surface area contributed by atoms with E-state index < -0.39 is 0 Å². The fourth-order valence-corrected chi connectivity index (χ4v) is 2.23. The molecule has 15 heavy (non-hydrogen) atoms. The van der Waals surface area contributed by atoms with Crippen molar-refractivity contribution in [1.29, 1.82) is 0 Å². The predicted molar refractivity (Wildman–Crippen MR) is 67.4 cm³/mol. The largest absolute Gasteiger partial charge is 0.317 e. The van der Waals surface area contributed by atoms with Crippen molar-refractivity contribution in [2.75, 3.05) is 13.1 Å². The molecule has 1 N–H and O–H groups in total. The summed E-state index contributed by atoms with van der Waals surface area (Å²) in [4.78, 5) is 4.51. The van der Waals surface area contributed by atoms with Crippen LogP contribution in [0.3, 0.4) is 0 Å². The molecule has 0 bridgehead atoms. The highest BCUT2D eigenvalue weighted by molar-refractivity contribution is 7.09. The Hall–Kier alpha value is -0.410. The Balaban J connectivity index is 2.37. The first-order valence-electron chi connectivity index (χ1n) is 5.75. The third-order valence-electron chi connectivity index (χ3n) is 2.89. The average Bonchev–Trinajstić information content (AvgIpc) is 2.60. The van der Waals surface area contributed by atoms with Crippen LogP contribution in [0.4, 0.5) is 0 Å². The molecule has 2 nitrogen and oxygen atoms in total. The van der Waals surface area contributed by atoms with Gasteiger partial charge in [0.05, 0.1) is 10.7 Å².